The topological polar surface area (TPSA) is 20.3 Å². The van der Waals surface area contributed by atoms with E-state index in [2.05, 4.69) is 38.5 Å². The van der Waals surface area contributed by atoms with E-state index in [9.17, 15) is 4.79 Å². The van der Waals surface area contributed by atoms with Gasteiger partial charge in [0.15, 0.2) is 0 Å². The highest BCUT2D eigenvalue weighted by Gasteiger charge is 2.24. The Morgan fingerprint density at radius 1 is 1.44 bits per heavy atom. The van der Waals surface area contributed by atoms with Crippen LogP contribution in [0.2, 0.25) is 0 Å². The monoisotopic (exact) mass is 441 g/mol. The minimum absolute atomic E-state index is 0.133. The van der Waals surface area contributed by atoms with E-state index < -0.39 is 0 Å². The number of alkyl halides is 1. The van der Waals surface area contributed by atoms with E-state index in [0.29, 0.717) is 11.8 Å². The van der Waals surface area contributed by atoms with Crippen molar-refractivity contribution < 1.29 is 4.79 Å². The number of benzene rings is 1. The third-order valence-corrected chi connectivity index (χ3v) is 5.15. The van der Waals surface area contributed by atoms with Gasteiger partial charge < -0.3 is 4.90 Å². The number of piperidine rings is 1. The van der Waals surface area contributed by atoms with E-state index in [1.807, 2.05) is 23.1 Å². The largest absolute Gasteiger partial charge is 0.339 e. The minimum Gasteiger partial charge on any atom is -0.339 e. The van der Waals surface area contributed by atoms with Gasteiger partial charge in [0.2, 0.25) is 0 Å². The molecule has 0 atom stereocenters. The molecule has 1 heterocycles. The van der Waals surface area contributed by atoms with E-state index in [1.54, 1.807) is 0 Å². The second kappa shape index (κ2) is 6.57. The summed E-state index contributed by atoms with van der Waals surface area (Å²) < 4.78 is 1.95. The summed E-state index contributed by atoms with van der Waals surface area (Å²) in [5, 5.41) is 0. The van der Waals surface area contributed by atoms with Crippen LogP contribution in [0.4, 0.5) is 0 Å². The van der Waals surface area contributed by atoms with Gasteiger partial charge in [-0.3, -0.25) is 4.79 Å². The predicted molar refractivity (Wildman–Crippen MR) is 86.2 cm³/mol. The van der Waals surface area contributed by atoms with Crippen LogP contribution < -0.4 is 0 Å². The van der Waals surface area contributed by atoms with E-state index >= 15 is 0 Å². The third kappa shape index (κ3) is 3.39. The quantitative estimate of drug-likeness (QED) is 0.498. The number of rotatable bonds is 2. The lowest BCUT2D eigenvalue weighted by atomic mass is 9.98. The second-order valence-electron chi connectivity index (χ2n) is 4.51. The van der Waals surface area contributed by atoms with Crippen molar-refractivity contribution in [1.29, 1.82) is 0 Å². The fraction of sp³-hybridized carbons (Fsp3) is 0.462. The van der Waals surface area contributed by atoms with Crippen LogP contribution in [-0.2, 0) is 0 Å². The van der Waals surface area contributed by atoms with Crippen molar-refractivity contribution >= 4 is 56.0 Å². The maximum absolute atomic E-state index is 12.4. The first-order valence-electron chi connectivity index (χ1n) is 5.92. The zero-order valence-electron chi connectivity index (χ0n) is 9.83. The Kier molecular flexibility index (Phi) is 5.33. The van der Waals surface area contributed by atoms with Crippen molar-refractivity contribution in [3.63, 3.8) is 0 Å². The standard InChI is InChI=1S/C13H14BrClINO/c14-10-1-2-12(16)11(7-10)13(18)17-5-3-9(8-15)4-6-17/h1-2,7,9H,3-6,8H2. The number of hydrogen-bond acceptors (Lipinski definition) is 1. The number of carbonyl (C=O) groups excluding carboxylic acids is 1. The maximum atomic E-state index is 12.4. The fourth-order valence-corrected chi connectivity index (χ4v) is 3.36. The van der Waals surface area contributed by atoms with E-state index in [0.717, 1.165) is 39.5 Å². The Morgan fingerprint density at radius 2 is 2.11 bits per heavy atom. The third-order valence-electron chi connectivity index (χ3n) is 3.28. The maximum Gasteiger partial charge on any atom is 0.254 e. The molecule has 18 heavy (non-hydrogen) atoms. The number of likely N-dealkylation sites (tertiary alicyclic amines) is 1. The van der Waals surface area contributed by atoms with Crippen LogP contribution in [-0.4, -0.2) is 29.8 Å². The van der Waals surface area contributed by atoms with Gasteiger partial charge in [0.1, 0.15) is 0 Å². The highest BCUT2D eigenvalue weighted by molar-refractivity contribution is 14.1. The predicted octanol–water partition coefficient (Wildman–Crippen LogP) is 4.14. The van der Waals surface area contributed by atoms with Crippen LogP contribution in [0, 0.1) is 9.49 Å². The Balaban J connectivity index is 2.10. The first kappa shape index (κ1) is 14.6. The van der Waals surface area contributed by atoms with E-state index in [1.165, 1.54) is 0 Å². The normalized spacial score (nSPS) is 16.9. The molecule has 98 valence electrons. The molecular weight excluding hydrogens is 428 g/mol. The molecule has 1 aliphatic rings. The Bertz CT molecular complexity index is 447. The lowest BCUT2D eigenvalue weighted by Crippen LogP contribution is -2.39. The van der Waals surface area contributed by atoms with Crippen LogP contribution in [0.3, 0.4) is 0 Å². The lowest BCUT2D eigenvalue weighted by Gasteiger charge is -2.31. The number of amides is 1. The summed E-state index contributed by atoms with van der Waals surface area (Å²) in [6.07, 6.45) is 2.03. The second-order valence-corrected chi connectivity index (χ2v) is 6.90. The molecule has 0 radical (unpaired) electrons. The van der Waals surface area contributed by atoms with Crippen LogP contribution in [0.15, 0.2) is 22.7 Å². The van der Waals surface area contributed by atoms with Gasteiger partial charge in [-0.1, -0.05) is 15.9 Å². The molecule has 5 heteroatoms. The van der Waals surface area contributed by atoms with Gasteiger partial charge in [-0.15, -0.1) is 11.6 Å². The van der Waals surface area contributed by atoms with Gasteiger partial charge in [-0.2, -0.15) is 0 Å². The lowest BCUT2D eigenvalue weighted by molar-refractivity contribution is 0.0697. The average molecular weight is 443 g/mol. The molecule has 0 aromatic heterocycles. The van der Waals surface area contributed by atoms with E-state index in [-0.39, 0.29) is 5.91 Å². The molecule has 0 spiro atoms. The zero-order chi connectivity index (χ0) is 13.1. The van der Waals surface area contributed by atoms with Gasteiger partial charge in [-0.05, 0) is 59.5 Å². The molecule has 1 amide bonds. The van der Waals surface area contributed by atoms with Crippen LogP contribution in [0.25, 0.3) is 0 Å². The van der Waals surface area contributed by atoms with Crippen molar-refractivity contribution in [3.05, 3.63) is 31.8 Å². The van der Waals surface area contributed by atoms with Crippen molar-refractivity contribution in [3.8, 4) is 0 Å². The molecule has 0 saturated carbocycles. The molecule has 1 saturated heterocycles. The first-order chi connectivity index (χ1) is 8.61. The molecule has 0 unspecified atom stereocenters. The molecule has 1 aromatic rings. The van der Waals surface area contributed by atoms with Crippen LogP contribution in [0.5, 0.6) is 0 Å². The Labute approximate surface area is 134 Å². The highest BCUT2D eigenvalue weighted by atomic mass is 127. The Morgan fingerprint density at radius 3 is 2.72 bits per heavy atom. The molecular formula is C13H14BrClINO. The minimum atomic E-state index is 0.133. The smallest absolute Gasteiger partial charge is 0.254 e. The average Bonchev–Trinajstić information content (AvgIpc) is 2.41. The molecule has 1 aromatic carbocycles. The SMILES string of the molecule is O=C(c1cc(Br)ccc1I)N1CCC(CCl)CC1. The number of nitrogens with zero attached hydrogens (tertiary/aromatic N) is 1. The molecule has 0 N–H and O–H groups in total. The summed E-state index contributed by atoms with van der Waals surface area (Å²) in [7, 11) is 0. The van der Waals surface area contributed by atoms with Crippen molar-refractivity contribution in [1.82, 2.24) is 4.90 Å². The summed E-state index contributed by atoms with van der Waals surface area (Å²) in [5.74, 6) is 1.40. The Hall–Kier alpha value is 0.190. The summed E-state index contributed by atoms with van der Waals surface area (Å²) in [6.45, 7) is 1.64. The zero-order valence-corrected chi connectivity index (χ0v) is 14.3. The van der Waals surface area contributed by atoms with Crippen molar-refractivity contribution in [2.75, 3.05) is 19.0 Å². The molecule has 2 rings (SSSR count). The number of carbonyl (C=O) groups is 1. The van der Waals surface area contributed by atoms with Crippen molar-refractivity contribution in [2.24, 2.45) is 5.92 Å². The van der Waals surface area contributed by atoms with Gasteiger partial charge in [0, 0.05) is 27.0 Å². The number of halogens is 3. The molecule has 1 fully saturated rings. The molecule has 0 bridgehead atoms. The van der Waals surface area contributed by atoms with Gasteiger partial charge in [0.05, 0.1) is 5.56 Å². The summed E-state index contributed by atoms with van der Waals surface area (Å²) in [6, 6.07) is 5.82. The summed E-state index contributed by atoms with van der Waals surface area (Å²) in [5.41, 5.74) is 0.786. The van der Waals surface area contributed by atoms with Crippen LogP contribution in [0.1, 0.15) is 23.2 Å². The first-order valence-corrected chi connectivity index (χ1v) is 8.32. The van der Waals surface area contributed by atoms with Gasteiger partial charge in [-0.25, -0.2) is 0 Å². The van der Waals surface area contributed by atoms with Gasteiger partial charge >= 0.3 is 0 Å². The summed E-state index contributed by atoms with van der Waals surface area (Å²) in [4.78, 5) is 14.4. The highest BCUT2D eigenvalue weighted by Crippen LogP contribution is 2.23. The van der Waals surface area contributed by atoms with Crippen molar-refractivity contribution in [2.45, 2.75) is 12.8 Å². The van der Waals surface area contributed by atoms with Crippen LogP contribution >= 0.6 is 50.1 Å². The van der Waals surface area contributed by atoms with E-state index in [4.69, 9.17) is 11.6 Å². The summed E-state index contributed by atoms with van der Waals surface area (Å²) >= 11 is 11.5. The molecule has 0 aliphatic carbocycles. The fourth-order valence-electron chi connectivity index (χ4n) is 2.12. The molecule has 2 nitrogen and oxygen atoms in total. The number of hydrogen-bond donors (Lipinski definition) is 0. The molecule has 1 aliphatic heterocycles. The van der Waals surface area contributed by atoms with Gasteiger partial charge in [0.25, 0.3) is 5.91 Å².